The molecule has 0 spiro atoms. The van der Waals surface area contributed by atoms with Crippen LogP contribution in [0.1, 0.15) is 45.1 Å². The lowest BCUT2D eigenvalue weighted by Crippen LogP contribution is -2.30. The van der Waals surface area contributed by atoms with Crippen LogP contribution in [0.3, 0.4) is 0 Å². The Morgan fingerprint density at radius 1 is 1.05 bits per heavy atom. The Morgan fingerprint density at radius 2 is 1.89 bits per heavy atom. The van der Waals surface area contributed by atoms with Crippen LogP contribution >= 0.6 is 0 Å². The first kappa shape index (κ1) is 13.9. The van der Waals surface area contributed by atoms with Crippen LogP contribution in [0.5, 0.6) is 0 Å². The first-order valence-electron chi connectivity index (χ1n) is 7.50. The van der Waals surface area contributed by atoms with Crippen LogP contribution in [0.4, 0.5) is 0 Å². The van der Waals surface area contributed by atoms with E-state index < -0.39 is 0 Å². The number of unbranched alkanes of at least 4 members (excludes halogenated alkanes) is 3. The molecule has 2 aromatic rings. The van der Waals surface area contributed by atoms with Gasteiger partial charge in [-0.25, -0.2) is 9.13 Å². The van der Waals surface area contributed by atoms with Gasteiger partial charge in [0.2, 0.25) is 6.33 Å². The van der Waals surface area contributed by atoms with Crippen molar-refractivity contribution >= 4 is 0 Å². The van der Waals surface area contributed by atoms with Crippen molar-refractivity contribution in [3.8, 4) is 5.69 Å². The molecule has 0 radical (unpaired) electrons. The molecule has 1 aromatic carbocycles. The van der Waals surface area contributed by atoms with E-state index in [1.807, 2.05) is 0 Å². The predicted octanol–water partition coefficient (Wildman–Crippen LogP) is 3.91. The molecule has 0 unspecified atom stereocenters. The fourth-order valence-corrected chi connectivity index (χ4v) is 2.45. The van der Waals surface area contributed by atoms with Gasteiger partial charge in [-0.3, -0.25) is 0 Å². The van der Waals surface area contributed by atoms with Crippen LogP contribution < -0.4 is 4.57 Å². The Morgan fingerprint density at radius 3 is 2.68 bits per heavy atom. The van der Waals surface area contributed by atoms with Crippen molar-refractivity contribution in [3.63, 3.8) is 0 Å². The highest BCUT2D eigenvalue weighted by atomic mass is 15.1. The standard InChI is InChI=1S/C17H25N2/c1-3-5-6-9-12-18-13-14-19(15-18)17-11-8-7-10-16(17)4-2/h7-8,10-11,13-15H,3-6,9,12H2,1-2H3/q+1. The molecular formula is C17H25N2+. The van der Waals surface area contributed by atoms with Gasteiger partial charge >= 0.3 is 0 Å². The number of aromatic nitrogens is 2. The van der Waals surface area contributed by atoms with Crippen LogP contribution in [0.25, 0.3) is 5.69 Å². The second kappa shape index (κ2) is 7.13. The summed E-state index contributed by atoms with van der Waals surface area (Å²) in [5.74, 6) is 0. The number of benzene rings is 1. The van der Waals surface area contributed by atoms with Crippen molar-refractivity contribution in [2.75, 3.05) is 0 Å². The summed E-state index contributed by atoms with van der Waals surface area (Å²) in [4.78, 5) is 0. The molecule has 19 heavy (non-hydrogen) atoms. The zero-order chi connectivity index (χ0) is 13.5. The Bertz CT molecular complexity index is 499. The molecule has 2 nitrogen and oxygen atoms in total. The number of para-hydroxylation sites is 1. The molecule has 0 aliphatic heterocycles. The van der Waals surface area contributed by atoms with Gasteiger partial charge in [-0.05, 0) is 30.9 Å². The molecule has 2 heteroatoms. The number of imidazole rings is 1. The smallest absolute Gasteiger partial charge is 0.236 e. The molecule has 102 valence electrons. The van der Waals surface area contributed by atoms with Crippen molar-refractivity contribution in [3.05, 3.63) is 48.5 Å². The number of aryl methyl sites for hydroxylation is 2. The van der Waals surface area contributed by atoms with Gasteiger partial charge in [-0.1, -0.05) is 44.9 Å². The Hall–Kier alpha value is -1.57. The number of nitrogens with zero attached hydrogens (tertiary/aromatic N) is 2. The minimum Gasteiger partial charge on any atom is -0.236 e. The van der Waals surface area contributed by atoms with E-state index in [1.165, 1.54) is 36.9 Å². The van der Waals surface area contributed by atoms with E-state index in [0.717, 1.165) is 13.0 Å². The summed E-state index contributed by atoms with van der Waals surface area (Å²) < 4.78 is 4.53. The van der Waals surface area contributed by atoms with Crippen molar-refractivity contribution in [1.29, 1.82) is 0 Å². The van der Waals surface area contributed by atoms with Gasteiger partial charge in [0.15, 0.2) is 0 Å². The van der Waals surface area contributed by atoms with Gasteiger partial charge < -0.3 is 0 Å². The molecule has 0 saturated heterocycles. The Balaban J connectivity index is 2.04. The van der Waals surface area contributed by atoms with Gasteiger partial charge in [-0.2, -0.15) is 0 Å². The summed E-state index contributed by atoms with van der Waals surface area (Å²) in [6.07, 6.45) is 12.9. The predicted molar refractivity (Wildman–Crippen MR) is 79.5 cm³/mol. The van der Waals surface area contributed by atoms with E-state index in [4.69, 9.17) is 0 Å². The first-order valence-corrected chi connectivity index (χ1v) is 7.50. The van der Waals surface area contributed by atoms with Crippen molar-refractivity contribution in [1.82, 2.24) is 4.57 Å². The zero-order valence-electron chi connectivity index (χ0n) is 12.2. The fraction of sp³-hybridized carbons (Fsp3) is 0.471. The summed E-state index contributed by atoms with van der Waals surface area (Å²) in [5.41, 5.74) is 2.70. The highest BCUT2D eigenvalue weighted by Gasteiger charge is 2.09. The van der Waals surface area contributed by atoms with Gasteiger partial charge in [0.25, 0.3) is 0 Å². The Kier molecular flexibility index (Phi) is 5.20. The number of rotatable bonds is 7. The van der Waals surface area contributed by atoms with Gasteiger partial charge in [0, 0.05) is 0 Å². The largest absolute Gasteiger partial charge is 0.248 e. The summed E-state index contributed by atoms with van der Waals surface area (Å²) in [7, 11) is 0. The van der Waals surface area contributed by atoms with Crippen LogP contribution in [0.15, 0.2) is 43.0 Å². The first-order chi connectivity index (χ1) is 9.35. The van der Waals surface area contributed by atoms with Gasteiger partial charge in [-0.15, -0.1) is 0 Å². The van der Waals surface area contributed by atoms with Gasteiger partial charge in [0.1, 0.15) is 18.1 Å². The fourth-order valence-electron chi connectivity index (χ4n) is 2.45. The lowest BCUT2D eigenvalue weighted by molar-refractivity contribution is -0.696. The van der Waals surface area contributed by atoms with Crippen molar-refractivity contribution in [2.24, 2.45) is 0 Å². The quantitative estimate of drug-likeness (QED) is 0.525. The third-order valence-electron chi connectivity index (χ3n) is 3.61. The lowest BCUT2D eigenvalue weighted by atomic mass is 10.1. The SMILES string of the molecule is CCCCCC[n+]1ccn(-c2ccccc2CC)c1. The molecule has 0 amide bonds. The molecular weight excluding hydrogens is 232 g/mol. The number of hydrogen-bond donors (Lipinski definition) is 0. The summed E-state index contributed by atoms with van der Waals surface area (Å²) in [5, 5.41) is 0. The molecule has 2 rings (SSSR count). The molecule has 1 heterocycles. The molecule has 0 bridgehead atoms. The normalized spacial score (nSPS) is 10.8. The summed E-state index contributed by atoms with van der Waals surface area (Å²) in [6, 6.07) is 8.63. The summed E-state index contributed by atoms with van der Waals surface area (Å²) in [6.45, 7) is 5.59. The second-order valence-electron chi connectivity index (χ2n) is 5.10. The van der Waals surface area contributed by atoms with Crippen LogP contribution in [-0.2, 0) is 13.0 Å². The number of hydrogen-bond acceptors (Lipinski definition) is 0. The van der Waals surface area contributed by atoms with Crippen molar-refractivity contribution < 1.29 is 4.57 Å². The Labute approximate surface area is 116 Å². The van der Waals surface area contributed by atoms with E-state index in [1.54, 1.807) is 0 Å². The van der Waals surface area contributed by atoms with E-state index >= 15 is 0 Å². The molecule has 0 saturated carbocycles. The average molecular weight is 257 g/mol. The average Bonchev–Trinajstić information content (AvgIpc) is 2.92. The second-order valence-corrected chi connectivity index (χ2v) is 5.10. The highest BCUT2D eigenvalue weighted by Crippen LogP contribution is 2.14. The molecule has 1 aromatic heterocycles. The molecule has 0 aliphatic rings. The minimum absolute atomic E-state index is 1.07. The maximum atomic E-state index is 2.29. The van der Waals surface area contributed by atoms with E-state index in [-0.39, 0.29) is 0 Å². The molecule has 0 fully saturated rings. The molecule has 0 aliphatic carbocycles. The van der Waals surface area contributed by atoms with E-state index in [9.17, 15) is 0 Å². The monoisotopic (exact) mass is 257 g/mol. The molecule has 0 N–H and O–H groups in total. The van der Waals surface area contributed by atoms with Gasteiger partial charge in [0.05, 0.1) is 6.54 Å². The maximum Gasteiger partial charge on any atom is 0.248 e. The van der Waals surface area contributed by atoms with Crippen LogP contribution in [0.2, 0.25) is 0 Å². The maximum absolute atomic E-state index is 2.29. The zero-order valence-corrected chi connectivity index (χ0v) is 12.2. The topological polar surface area (TPSA) is 8.81 Å². The minimum atomic E-state index is 1.07. The molecule has 0 atom stereocenters. The van der Waals surface area contributed by atoms with E-state index in [0.29, 0.717) is 0 Å². The third-order valence-corrected chi connectivity index (χ3v) is 3.61. The van der Waals surface area contributed by atoms with E-state index in [2.05, 4.69) is 66.0 Å². The third kappa shape index (κ3) is 3.69. The lowest BCUT2D eigenvalue weighted by Gasteiger charge is -2.02. The highest BCUT2D eigenvalue weighted by molar-refractivity contribution is 5.40. The van der Waals surface area contributed by atoms with Crippen molar-refractivity contribution in [2.45, 2.75) is 52.5 Å². The summed E-state index contributed by atoms with van der Waals surface area (Å²) >= 11 is 0. The van der Waals surface area contributed by atoms with Crippen LogP contribution in [-0.4, -0.2) is 4.57 Å². The van der Waals surface area contributed by atoms with Crippen LogP contribution in [0, 0.1) is 0 Å².